The van der Waals surface area contributed by atoms with Gasteiger partial charge >= 0.3 is 18.0 Å². The van der Waals surface area contributed by atoms with Crippen LogP contribution in [-0.4, -0.2) is 69.7 Å². The molecule has 9 heteroatoms. The molecule has 21 heavy (non-hydrogen) atoms. The first-order valence-corrected chi connectivity index (χ1v) is 6.30. The third-order valence-electron chi connectivity index (χ3n) is 2.64. The van der Waals surface area contributed by atoms with Crippen LogP contribution in [0, 0.1) is 0 Å². The van der Waals surface area contributed by atoms with Crippen molar-refractivity contribution in [3.8, 4) is 0 Å². The number of esters is 1. The predicted molar refractivity (Wildman–Crippen MR) is 71.9 cm³/mol. The number of carboxylic acid groups (broad SMARTS) is 1. The highest BCUT2D eigenvalue weighted by molar-refractivity contribution is 5.83. The van der Waals surface area contributed by atoms with Crippen LogP contribution in [0.15, 0.2) is 0 Å². The van der Waals surface area contributed by atoms with E-state index < -0.39 is 24.0 Å². The molecule has 0 saturated carbocycles. The van der Waals surface area contributed by atoms with Crippen LogP contribution in [0.5, 0.6) is 0 Å². The number of aliphatic carboxylic acids is 1. The lowest BCUT2D eigenvalue weighted by Crippen LogP contribution is -2.48. The van der Waals surface area contributed by atoms with Crippen LogP contribution in [0.25, 0.3) is 0 Å². The van der Waals surface area contributed by atoms with Gasteiger partial charge in [-0.1, -0.05) is 0 Å². The van der Waals surface area contributed by atoms with Crippen molar-refractivity contribution >= 4 is 18.0 Å². The Morgan fingerprint density at radius 3 is 2.33 bits per heavy atom. The van der Waals surface area contributed by atoms with Crippen molar-refractivity contribution in [3.05, 3.63) is 0 Å². The van der Waals surface area contributed by atoms with Crippen LogP contribution in [0.4, 0.5) is 4.79 Å². The van der Waals surface area contributed by atoms with Gasteiger partial charge in [-0.05, 0) is 6.42 Å². The van der Waals surface area contributed by atoms with Gasteiger partial charge in [0.15, 0.2) is 0 Å². The Balaban J connectivity index is 4.22. The first-order chi connectivity index (χ1) is 9.94. The molecule has 0 aromatic carbocycles. The molecule has 0 bridgehead atoms. The number of methoxy groups -OCH3 is 3. The molecule has 2 atom stereocenters. The molecule has 0 spiro atoms. The van der Waals surface area contributed by atoms with Gasteiger partial charge in [0.25, 0.3) is 0 Å². The van der Waals surface area contributed by atoms with Gasteiger partial charge < -0.3 is 30.0 Å². The molecule has 1 unspecified atom stereocenters. The van der Waals surface area contributed by atoms with E-state index in [1.54, 1.807) is 0 Å². The molecule has 122 valence electrons. The van der Waals surface area contributed by atoms with Gasteiger partial charge in [0.1, 0.15) is 6.04 Å². The molecular formula is C12H22N2O7. The first kappa shape index (κ1) is 19.1. The Morgan fingerprint density at radius 2 is 1.86 bits per heavy atom. The highest BCUT2D eigenvalue weighted by atomic mass is 16.5. The average Bonchev–Trinajstić information content (AvgIpc) is 2.46. The smallest absolute Gasteiger partial charge is 0.326 e. The number of hydrogen-bond acceptors (Lipinski definition) is 6. The van der Waals surface area contributed by atoms with Gasteiger partial charge in [-0.3, -0.25) is 4.79 Å². The maximum atomic E-state index is 11.6. The number of carbonyl (C=O) groups excluding carboxylic acids is 2. The van der Waals surface area contributed by atoms with Gasteiger partial charge in [-0.15, -0.1) is 0 Å². The van der Waals surface area contributed by atoms with E-state index in [4.69, 9.17) is 14.6 Å². The summed E-state index contributed by atoms with van der Waals surface area (Å²) in [6.07, 6.45) is -0.488. The minimum absolute atomic E-state index is 0.0544. The molecule has 0 radical (unpaired) electrons. The molecule has 3 N–H and O–H groups in total. The summed E-state index contributed by atoms with van der Waals surface area (Å²) >= 11 is 0. The normalized spacial score (nSPS) is 13.1. The van der Waals surface area contributed by atoms with E-state index in [0.29, 0.717) is 6.61 Å². The van der Waals surface area contributed by atoms with Crippen LogP contribution in [0.1, 0.15) is 12.8 Å². The van der Waals surface area contributed by atoms with E-state index in [1.807, 2.05) is 0 Å². The number of ether oxygens (including phenoxy) is 3. The minimum Gasteiger partial charge on any atom is -0.480 e. The van der Waals surface area contributed by atoms with Gasteiger partial charge in [0.05, 0.1) is 19.8 Å². The number of nitrogens with one attached hydrogen (secondary N) is 2. The summed E-state index contributed by atoms with van der Waals surface area (Å²) in [6, 6.07) is -1.84. The number of carbonyl (C=O) groups is 3. The number of amides is 2. The van der Waals surface area contributed by atoms with E-state index in [-0.39, 0.29) is 25.5 Å². The fraction of sp³-hybridized carbons (Fsp3) is 0.750. The molecule has 0 aromatic heterocycles. The second kappa shape index (κ2) is 10.9. The van der Waals surface area contributed by atoms with Crippen molar-refractivity contribution in [3.63, 3.8) is 0 Å². The van der Waals surface area contributed by atoms with Gasteiger partial charge in [0, 0.05) is 27.2 Å². The Kier molecular flexibility index (Phi) is 9.90. The highest BCUT2D eigenvalue weighted by Crippen LogP contribution is 1.99. The van der Waals surface area contributed by atoms with Gasteiger partial charge in [0.2, 0.25) is 0 Å². The lowest BCUT2D eigenvalue weighted by Gasteiger charge is -2.17. The van der Waals surface area contributed by atoms with Crippen LogP contribution in [0.3, 0.4) is 0 Å². The monoisotopic (exact) mass is 306 g/mol. The fourth-order valence-corrected chi connectivity index (χ4v) is 1.43. The molecule has 0 heterocycles. The van der Waals surface area contributed by atoms with E-state index in [1.165, 1.54) is 21.3 Å². The third-order valence-corrected chi connectivity index (χ3v) is 2.64. The molecule has 0 fully saturated rings. The Labute approximate surface area is 122 Å². The molecule has 0 aliphatic rings. The first-order valence-electron chi connectivity index (χ1n) is 6.30. The van der Waals surface area contributed by atoms with Crippen molar-refractivity contribution in [1.29, 1.82) is 0 Å². The third kappa shape index (κ3) is 8.82. The molecular weight excluding hydrogens is 284 g/mol. The molecule has 0 aliphatic carbocycles. The molecule has 0 saturated heterocycles. The molecule has 9 nitrogen and oxygen atoms in total. The van der Waals surface area contributed by atoms with Crippen molar-refractivity contribution in [2.75, 3.05) is 34.5 Å². The standard InChI is InChI=1S/C12H22N2O7/c1-19-7-8(20-2)6-13-12(18)14-9(11(16)17)4-5-10(15)21-3/h8-9H,4-7H2,1-3H3,(H,16,17)(H2,13,14,18)/t8?,9-/m1/s1. The lowest BCUT2D eigenvalue weighted by atomic mass is 10.1. The quantitative estimate of drug-likeness (QED) is 0.458. The zero-order chi connectivity index (χ0) is 16.3. The predicted octanol–water partition coefficient (Wildman–Crippen LogP) is -0.647. The summed E-state index contributed by atoms with van der Waals surface area (Å²) in [4.78, 5) is 33.6. The average molecular weight is 306 g/mol. The summed E-state index contributed by atoms with van der Waals surface area (Å²) in [5, 5.41) is 13.7. The van der Waals surface area contributed by atoms with E-state index >= 15 is 0 Å². The summed E-state index contributed by atoms with van der Waals surface area (Å²) in [5.41, 5.74) is 0. The Morgan fingerprint density at radius 1 is 1.19 bits per heavy atom. The topological polar surface area (TPSA) is 123 Å². The summed E-state index contributed by atoms with van der Waals surface area (Å²) < 4.78 is 14.3. The van der Waals surface area contributed by atoms with Crippen molar-refractivity contribution < 1.29 is 33.7 Å². The molecule has 0 rings (SSSR count). The Bertz CT molecular complexity index is 348. The van der Waals surface area contributed by atoms with Crippen LogP contribution in [-0.2, 0) is 23.8 Å². The van der Waals surface area contributed by atoms with E-state index in [0.717, 1.165) is 0 Å². The summed E-state index contributed by atoms with van der Waals surface area (Å²) in [6.45, 7) is 0.459. The largest absolute Gasteiger partial charge is 0.480 e. The maximum Gasteiger partial charge on any atom is 0.326 e. The molecule has 0 aromatic rings. The molecule has 2 amide bonds. The maximum absolute atomic E-state index is 11.6. The zero-order valence-corrected chi connectivity index (χ0v) is 12.4. The number of carboxylic acids is 1. The van der Waals surface area contributed by atoms with Crippen LogP contribution in [0.2, 0.25) is 0 Å². The van der Waals surface area contributed by atoms with Crippen LogP contribution < -0.4 is 10.6 Å². The van der Waals surface area contributed by atoms with Crippen molar-refractivity contribution in [1.82, 2.24) is 10.6 Å². The van der Waals surface area contributed by atoms with Gasteiger partial charge in [-0.25, -0.2) is 9.59 Å². The van der Waals surface area contributed by atoms with Crippen molar-refractivity contribution in [2.24, 2.45) is 0 Å². The fourth-order valence-electron chi connectivity index (χ4n) is 1.43. The van der Waals surface area contributed by atoms with Crippen LogP contribution >= 0.6 is 0 Å². The zero-order valence-electron chi connectivity index (χ0n) is 12.4. The second-order valence-electron chi connectivity index (χ2n) is 4.17. The summed E-state index contributed by atoms with van der Waals surface area (Å²) in [5.74, 6) is -1.77. The summed E-state index contributed by atoms with van der Waals surface area (Å²) in [7, 11) is 4.18. The highest BCUT2D eigenvalue weighted by Gasteiger charge is 2.21. The number of rotatable bonds is 10. The Hall–Kier alpha value is -1.87. The van der Waals surface area contributed by atoms with E-state index in [2.05, 4.69) is 15.4 Å². The van der Waals surface area contributed by atoms with Crippen molar-refractivity contribution in [2.45, 2.75) is 25.0 Å². The lowest BCUT2D eigenvalue weighted by molar-refractivity contribution is -0.142. The van der Waals surface area contributed by atoms with Gasteiger partial charge in [-0.2, -0.15) is 0 Å². The number of urea groups is 1. The van der Waals surface area contributed by atoms with E-state index in [9.17, 15) is 14.4 Å². The number of hydrogen-bond donors (Lipinski definition) is 3. The SMILES string of the molecule is COCC(CNC(=O)N[C@H](CCC(=O)OC)C(=O)O)OC. The second-order valence-corrected chi connectivity index (χ2v) is 4.17. The molecule has 0 aliphatic heterocycles. The minimum atomic E-state index is -1.23.